The van der Waals surface area contributed by atoms with Crippen LogP contribution in [-0.4, -0.2) is 44.8 Å². The number of rotatable bonds is 6. The number of amides is 1. The van der Waals surface area contributed by atoms with E-state index in [1.165, 1.54) is 0 Å². The average molecular weight is 282 g/mol. The Bertz CT molecular complexity index is 503. The van der Waals surface area contributed by atoms with Crippen molar-refractivity contribution < 1.29 is 9.72 Å². The highest BCUT2D eigenvalue weighted by atomic mass is 16.6. The van der Waals surface area contributed by atoms with Gasteiger partial charge in [-0.1, -0.05) is 0 Å². The normalized spacial score (nSPS) is 11.8. The minimum Gasteiger partial charge on any atom is -0.378 e. The van der Waals surface area contributed by atoms with Crippen LogP contribution in [0.5, 0.6) is 0 Å². The summed E-state index contributed by atoms with van der Waals surface area (Å²) in [6.45, 7) is 6.46. The molecular formula is C11H18N6O3. The molecule has 0 saturated carbocycles. The van der Waals surface area contributed by atoms with E-state index in [-0.39, 0.29) is 17.5 Å². The minimum absolute atomic E-state index is 0.0597. The predicted octanol–water partition coefficient (Wildman–Crippen LogP) is 0.636. The summed E-state index contributed by atoms with van der Waals surface area (Å²) in [6, 6.07) is -0.650. The second kappa shape index (κ2) is 6.64. The number of nitro groups is 1. The molecule has 1 amide bonds. The van der Waals surface area contributed by atoms with Crippen LogP contribution in [0, 0.1) is 10.1 Å². The fourth-order valence-corrected chi connectivity index (χ4v) is 1.75. The molecule has 0 saturated heterocycles. The number of nitrogens with zero attached hydrogens (tertiary/aromatic N) is 4. The Balaban J connectivity index is 2.96. The molecule has 3 N–H and O–H groups in total. The number of nitrogen functional groups attached to an aromatic ring is 1. The summed E-state index contributed by atoms with van der Waals surface area (Å²) >= 11 is 0. The van der Waals surface area contributed by atoms with E-state index in [1.807, 2.05) is 13.8 Å². The average Bonchev–Trinajstić information content (AvgIpc) is 2.39. The van der Waals surface area contributed by atoms with E-state index < -0.39 is 16.7 Å². The van der Waals surface area contributed by atoms with Gasteiger partial charge in [0, 0.05) is 13.1 Å². The van der Waals surface area contributed by atoms with Crippen LogP contribution in [0.4, 0.5) is 17.3 Å². The van der Waals surface area contributed by atoms with Crippen LogP contribution >= 0.6 is 0 Å². The van der Waals surface area contributed by atoms with E-state index in [0.29, 0.717) is 13.1 Å². The quantitative estimate of drug-likeness (QED) is 0.578. The van der Waals surface area contributed by atoms with Crippen molar-refractivity contribution in [3.8, 4) is 0 Å². The molecule has 1 unspecified atom stereocenters. The second-order valence-electron chi connectivity index (χ2n) is 4.09. The molecule has 0 aromatic carbocycles. The molecule has 0 aliphatic carbocycles. The standard InChI is InChI=1S/C11H18N6O3/c1-4-16(5-2)11(18)7(3)15-10-8(17(19)20)9(12)13-6-14-10/h6-7H,4-5H2,1-3H3,(H3,12,13,14,15). The van der Waals surface area contributed by atoms with Crippen molar-refractivity contribution in [3.05, 3.63) is 16.4 Å². The van der Waals surface area contributed by atoms with Gasteiger partial charge in [0.05, 0.1) is 4.92 Å². The second-order valence-corrected chi connectivity index (χ2v) is 4.09. The lowest BCUT2D eigenvalue weighted by Gasteiger charge is -2.23. The fourth-order valence-electron chi connectivity index (χ4n) is 1.75. The zero-order chi connectivity index (χ0) is 15.3. The van der Waals surface area contributed by atoms with Gasteiger partial charge in [-0.25, -0.2) is 9.97 Å². The van der Waals surface area contributed by atoms with Gasteiger partial charge in [-0.05, 0) is 20.8 Å². The van der Waals surface area contributed by atoms with Crippen LogP contribution in [0.1, 0.15) is 20.8 Å². The molecule has 0 aliphatic heterocycles. The van der Waals surface area contributed by atoms with Gasteiger partial charge in [0.1, 0.15) is 12.4 Å². The third kappa shape index (κ3) is 3.31. The number of hydrogen-bond acceptors (Lipinski definition) is 7. The monoisotopic (exact) mass is 282 g/mol. The number of carbonyl (C=O) groups excluding carboxylic acids is 1. The third-order valence-electron chi connectivity index (χ3n) is 2.83. The summed E-state index contributed by atoms with van der Waals surface area (Å²) in [5.41, 5.74) is 5.03. The predicted molar refractivity (Wildman–Crippen MR) is 74.1 cm³/mol. The number of hydrogen-bond donors (Lipinski definition) is 2. The van der Waals surface area contributed by atoms with Crippen molar-refractivity contribution in [1.82, 2.24) is 14.9 Å². The summed E-state index contributed by atoms with van der Waals surface area (Å²) in [7, 11) is 0. The van der Waals surface area contributed by atoms with Crippen LogP contribution in [-0.2, 0) is 4.79 Å². The Hall–Kier alpha value is -2.45. The number of nitrogens with one attached hydrogen (secondary N) is 1. The summed E-state index contributed by atoms with van der Waals surface area (Å²) in [5, 5.41) is 13.7. The molecule has 1 aromatic heterocycles. The molecule has 1 aromatic rings. The van der Waals surface area contributed by atoms with Gasteiger partial charge >= 0.3 is 5.69 Å². The molecule has 1 rings (SSSR count). The van der Waals surface area contributed by atoms with Crippen LogP contribution in [0.2, 0.25) is 0 Å². The van der Waals surface area contributed by atoms with E-state index in [4.69, 9.17) is 5.73 Å². The minimum atomic E-state index is -0.674. The maximum atomic E-state index is 12.1. The molecule has 110 valence electrons. The summed E-state index contributed by atoms with van der Waals surface area (Å²) in [6.07, 6.45) is 1.11. The Kier molecular flexibility index (Phi) is 5.18. The Morgan fingerprint density at radius 2 is 2.10 bits per heavy atom. The fraction of sp³-hybridized carbons (Fsp3) is 0.545. The van der Waals surface area contributed by atoms with E-state index in [2.05, 4.69) is 15.3 Å². The highest BCUT2D eigenvalue weighted by molar-refractivity contribution is 5.85. The first-order valence-corrected chi connectivity index (χ1v) is 6.22. The zero-order valence-corrected chi connectivity index (χ0v) is 11.7. The molecule has 1 atom stereocenters. The van der Waals surface area contributed by atoms with Crippen molar-refractivity contribution in [2.24, 2.45) is 0 Å². The first-order valence-electron chi connectivity index (χ1n) is 6.22. The highest BCUT2D eigenvalue weighted by Gasteiger charge is 2.25. The van der Waals surface area contributed by atoms with E-state index in [0.717, 1.165) is 6.33 Å². The Morgan fingerprint density at radius 1 is 1.50 bits per heavy atom. The van der Waals surface area contributed by atoms with Crippen molar-refractivity contribution in [1.29, 1.82) is 0 Å². The number of carbonyl (C=O) groups is 1. The number of likely N-dealkylation sites (N-methyl/N-ethyl adjacent to an activating group) is 1. The van der Waals surface area contributed by atoms with Crippen molar-refractivity contribution in [2.75, 3.05) is 24.1 Å². The number of anilines is 2. The summed E-state index contributed by atoms with van der Waals surface area (Å²) in [5.74, 6) is -0.466. The summed E-state index contributed by atoms with van der Waals surface area (Å²) in [4.78, 5) is 31.3. The lowest BCUT2D eigenvalue weighted by atomic mass is 10.2. The first kappa shape index (κ1) is 15.6. The van der Waals surface area contributed by atoms with Gasteiger partial charge in [-0.2, -0.15) is 0 Å². The van der Waals surface area contributed by atoms with Gasteiger partial charge in [-0.15, -0.1) is 0 Å². The van der Waals surface area contributed by atoms with Gasteiger partial charge in [0.15, 0.2) is 0 Å². The lowest BCUT2D eigenvalue weighted by Crippen LogP contribution is -2.41. The Morgan fingerprint density at radius 3 is 2.60 bits per heavy atom. The molecule has 1 heterocycles. The molecule has 0 fully saturated rings. The third-order valence-corrected chi connectivity index (χ3v) is 2.83. The smallest absolute Gasteiger partial charge is 0.353 e. The van der Waals surface area contributed by atoms with Crippen molar-refractivity contribution in [2.45, 2.75) is 26.8 Å². The molecule has 20 heavy (non-hydrogen) atoms. The van der Waals surface area contributed by atoms with E-state index in [1.54, 1.807) is 11.8 Å². The lowest BCUT2D eigenvalue weighted by molar-refractivity contribution is -0.383. The molecule has 0 aliphatic rings. The first-order chi connectivity index (χ1) is 9.42. The van der Waals surface area contributed by atoms with Crippen LogP contribution in [0.3, 0.4) is 0 Å². The SMILES string of the molecule is CCN(CC)C(=O)C(C)Nc1ncnc(N)c1[N+](=O)[O-]. The molecule has 0 bridgehead atoms. The van der Waals surface area contributed by atoms with Crippen LogP contribution in [0.25, 0.3) is 0 Å². The highest BCUT2D eigenvalue weighted by Crippen LogP contribution is 2.26. The maximum absolute atomic E-state index is 12.1. The Labute approximate surface area is 116 Å². The molecule has 9 nitrogen and oxygen atoms in total. The van der Waals surface area contributed by atoms with E-state index in [9.17, 15) is 14.9 Å². The maximum Gasteiger partial charge on any atom is 0.353 e. The molecular weight excluding hydrogens is 264 g/mol. The zero-order valence-electron chi connectivity index (χ0n) is 11.7. The van der Waals surface area contributed by atoms with Crippen molar-refractivity contribution in [3.63, 3.8) is 0 Å². The summed E-state index contributed by atoms with van der Waals surface area (Å²) < 4.78 is 0. The molecule has 9 heteroatoms. The van der Waals surface area contributed by atoms with Gasteiger partial charge < -0.3 is 16.0 Å². The molecule has 0 spiro atoms. The van der Waals surface area contributed by atoms with E-state index >= 15 is 0 Å². The molecule has 0 radical (unpaired) electrons. The largest absolute Gasteiger partial charge is 0.378 e. The topological polar surface area (TPSA) is 127 Å². The number of nitrogens with two attached hydrogens (primary N) is 1. The van der Waals surface area contributed by atoms with Gasteiger partial charge in [0.2, 0.25) is 17.5 Å². The number of aromatic nitrogens is 2. The van der Waals surface area contributed by atoms with Crippen molar-refractivity contribution >= 4 is 23.2 Å². The van der Waals surface area contributed by atoms with Crippen LogP contribution < -0.4 is 11.1 Å². The van der Waals surface area contributed by atoms with Gasteiger partial charge in [0.25, 0.3) is 0 Å². The van der Waals surface area contributed by atoms with Crippen LogP contribution in [0.15, 0.2) is 6.33 Å². The van der Waals surface area contributed by atoms with Gasteiger partial charge in [-0.3, -0.25) is 14.9 Å².